The molecular weight excluding hydrogens is 416 g/mol. The average Bonchev–Trinajstić information content (AvgIpc) is 3.20. The number of rotatable bonds is 4. The van der Waals surface area contributed by atoms with Gasteiger partial charge in [0.05, 0.1) is 18.3 Å². The molecule has 0 aliphatic heterocycles. The van der Waals surface area contributed by atoms with E-state index in [4.69, 9.17) is 0 Å². The van der Waals surface area contributed by atoms with Crippen LogP contribution in [0.3, 0.4) is 0 Å². The van der Waals surface area contributed by atoms with Gasteiger partial charge in [-0.3, -0.25) is 0 Å². The van der Waals surface area contributed by atoms with E-state index in [9.17, 15) is 8.78 Å². The fourth-order valence-electron chi connectivity index (χ4n) is 2.36. The highest BCUT2D eigenvalue weighted by Gasteiger charge is 2.14. The molecule has 0 bridgehead atoms. The third-order valence-corrected chi connectivity index (χ3v) is 4.58. The van der Waals surface area contributed by atoms with E-state index >= 15 is 0 Å². The van der Waals surface area contributed by atoms with E-state index in [2.05, 4.69) is 46.3 Å². The molecule has 0 saturated carbocycles. The van der Waals surface area contributed by atoms with Crippen LogP contribution in [0.1, 0.15) is 5.82 Å². The second-order valence-electron chi connectivity index (χ2n) is 5.06. The quantitative estimate of drug-likeness (QED) is 0.487. The summed E-state index contributed by atoms with van der Waals surface area (Å²) in [4.78, 5) is 15.7. The van der Waals surface area contributed by atoms with Crippen LogP contribution in [0.15, 0.2) is 28.1 Å². The second kappa shape index (κ2) is 6.23. The van der Waals surface area contributed by atoms with Crippen molar-refractivity contribution >= 4 is 50.2 Å². The minimum Gasteiger partial charge on any atom is -0.360 e. The summed E-state index contributed by atoms with van der Waals surface area (Å²) in [5.41, 5.74) is 0.938. The molecule has 1 aromatic carbocycles. The Balaban J connectivity index is 1.67. The zero-order valence-electron chi connectivity index (χ0n) is 12.7. The summed E-state index contributed by atoms with van der Waals surface area (Å²) in [6.45, 7) is 0.237. The number of hydrogen-bond donors (Lipinski definition) is 2. The van der Waals surface area contributed by atoms with E-state index in [0.29, 0.717) is 32.6 Å². The average molecular weight is 426 g/mol. The standard InChI is InChI=1S/C14H10BrF2N7S/c1-25-14-22-12(13-19-4-8(15)24(13)23-14)18-5-9-20-7-3-2-6(16)10(17)11(7)21-9/h2-4H,5H2,1H3,(H,20,21)(H,18,22,23). The van der Waals surface area contributed by atoms with Crippen molar-refractivity contribution in [1.82, 2.24) is 29.5 Å². The molecular formula is C14H10BrF2N7S. The number of nitrogens with one attached hydrogen (secondary N) is 2. The van der Waals surface area contributed by atoms with Crippen LogP contribution in [0.5, 0.6) is 0 Å². The number of aromatic nitrogens is 6. The van der Waals surface area contributed by atoms with E-state index in [1.807, 2.05) is 6.26 Å². The van der Waals surface area contributed by atoms with Crippen LogP contribution in [0.25, 0.3) is 16.7 Å². The van der Waals surface area contributed by atoms with E-state index < -0.39 is 11.6 Å². The van der Waals surface area contributed by atoms with Crippen molar-refractivity contribution in [1.29, 1.82) is 0 Å². The largest absolute Gasteiger partial charge is 0.360 e. The van der Waals surface area contributed by atoms with Gasteiger partial charge in [0.25, 0.3) is 0 Å². The summed E-state index contributed by atoms with van der Waals surface area (Å²) in [5.74, 6) is -0.932. The van der Waals surface area contributed by atoms with Gasteiger partial charge in [0.15, 0.2) is 23.1 Å². The highest BCUT2D eigenvalue weighted by molar-refractivity contribution is 9.10. The summed E-state index contributed by atoms with van der Waals surface area (Å²) >= 11 is 4.77. The molecule has 7 nitrogen and oxygen atoms in total. The minimum atomic E-state index is -0.966. The number of halogens is 3. The van der Waals surface area contributed by atoms with Gasteiger partial charge in [-0.1, -0.05) is 11.8 Å². The maximum atomic E-state index is 13.8. The third kappa shape index (κ3) is 2.82. The summed E-state index contributed by atoms with van der Waals surface area (Å²) in [7, 11) is 0. The van der Waals surface area contributed by atoms with E-state index in [1.165, 1.54) is 17.8 Å². The molecule has 0 atom stereocenters. The van der Waals surface area contributed by atoms with Crippen molar-refractivity contribution in [3.8, 4) is 0 Å². The molecule has 0 spiro atoms. The molecule has 3 heterocycles. The Morgan fingerprint density at radius 2 is 2.16 bits per heavy atom. The van der Waals surface area contributed by atoms with Gasteiger partial charge < -0.3 is 10.3 Å². The first-order chi connectivity index (χ1) is 12.1. The van der Waals surface area contributed by atoms with Crippen LogP contribution in [0, 0.1) is 11.6 Å². The molecule has 0 radical (unpaired) electrons. The lowest BCUT2D eigenvalue weighted by Crippen LogP contribution is -2.08. The molecule has 0 fully saturated rings. The number of fused-ring (bicyclic) bond motifs is 2. The van der Waals surface area contributed by atoms with Crippen molar-refractivity contribution in [2.24, 2.45) is 0 Å². The van der Waals surface area contributed by atoms with Gasteiger partial charge >= 0.3 is 0 Å². The molecule has 2 N–H and O–H groups in total. The number of imidazole rings is 2. The molecule has 3 aromatic heterocycles. The number of hydrogen-bond acceptors (Lipinski definition) is 6. The molecule has 0 unspecified atom stereocenters. The molecule has 0 saturated heterocycles. The number of benzene rings is 1. The Kier molecular flexibility index (Phi) is 4.04. The topological polar surface area (TPSA) is 83.8 Å². The fourth-order valence-corrected chi connectivity index (χ4v) is 3.06. The van der Waals surface area contributed by atoms with Crippen LogP contribution in [0.4, 0.5) is 14.6 Å². The zero-order valence-corrected chi connectivity index (χ0v) is 15.1. The van der Waals surface area contributed by atoms with Crippen LogP contribution in [-0.4, -0.2) is 35.8 Å². The Hall–Kier alpha value is -2.27. The van der Waals surface area contributed by atoms with Gasteiger partial charge in [0.1, 0.15) is 15.9 Å². The fraction of sp³-hybridized carbons (Fsp3) is 0.143. The lowest BCUT2D eigenvalue weighted by atomic mass is 10.3. The number of anilines is 1. The minimum absolute atomic E-state index is 0.0296. The lowest BCUT2D eigenvalue weighted by molar-refractivity contribution is 0.515. The number of H-pyrrole nitrogens is 1. The maximum absolute atomic E-state index is 13.8. The number of thioether (sulfide) groups is 1. The first-order valence-corrected chi connectivity index (χ1v) is 9.10. The van der Waals surface area contributed by atoms with Crippen LogP contribution in [0.2, 0.25) is 0 Å². The van der Waals surface area contributed by atoms with Gasteiger partial charge in [-0.05, 0) is 34.3 Å². The zero-order chi connectivity index (χ0) is 17.6. The molecule has 0 aliphatic carbocycles. The van der Waals surface area contributed by atoms with Gasteiger partial charge in [-0.25, -0.2) is 23.3 Å². The van der Waals surface area contributed by atoms with Crippen LogP contribution in [-0.2, 0) is 6.54 Å². The molecule has 128 valence electrons. The van der Waals surface area contributed by atoms with Crippen LogP contribution >= 0.6 is 27.7 Å². The monoisotopic (exact) mass is 425 g/mol. The Morgan fingerprint density at radius 3 is 2.96 bits per heavy atom. The Labute approximate surface area is 152 Å². The third-order valence-electron chi connectivity index (χ3n) is 3.50. The Morgan fingerprint density at radius 1 is 1.32 bits per heavy atom. The van der Waals surface area contributed by atoms with Crippen molar-refractivity contribution in [3.63, 3.8) is 0 Å². The smallest absolute Gasteiger partial charge is 0.209 e. The predicted octanol–water partition coefficient (Wildman–Crippen LogP) is 3.38. The lowest BCUT2D eigenvalue weighted by Gasteiger charge is -2.06. The van der Waals surface area contributed by atoms with Gasteiger partial charge in [0.2, 0.25) is 5.16 Å². The van der Waals surface area contributed by atoms with Crippen molar-refractivity contribution in [2.45, 2.75) is 11.7 Å². The SMILES string of the molecule is CSc1nc(NCc2nc3c(F)c(F)ccc3[nH]2)c2ncc(Br)n2n1. The van der Waals surface area contributed by atoms with E-state index in [0.717, 1.165) is 6.07 Å². The highest BCUT2D eigenvalue weighted by Crippen LogP contribution is 2.22. The first kappa shape index (κ1) is 16.2. The summed E-state index contributed by atoms with van der Waals surface area (Å²) < 4.78 is 29.4. The van der Waals surface area contributed by atoms with E-state index in [1.54, 1.807) is 10.7 Å². The highest BCUT2D eigenvalue weighted by atomic mass is 79.9. The van der Waals surface area contributed by atoms with Crippen molar-refractivity contribution in [3.05, 3.63) is 40.4 Å². The maximum Gasteiger partial charge on any atom is 0.209 e. The molecule has 4 rings (SSSR count). The van der Waals surface area contributed by atoms with Gasteiger partial charge in [0, 0.05) is 0 Å². The molecule has 25 heavy (non-hydrogen) atoms. The molecule has 11 heteroatoms. The van der Waals surface area contributed by atoms with Crippen molar-refractivity contribution in [2.75, 3.05) is 11.6 Å². The molecule has 0 aliphatic rings. The van der Waals surface area contributed by atoms with Gasteiger partial charge in [-0.15, -0.1) is 5.10 Å². The Bertz CT molecular complexity index is 1090. The normalized spacial score (nSPS) is 11.5. The van der Waals surface area contributed by atoms with Gasteiger partial charge in [-0.2, -0.15) is 4.98 Å². The number of nitrogens with zero attached hydrogens (tertiary/aromatic N) is 5. The summed E-state index contributed by atoms with van der Waals surface area (Å²) in [6, 6.07) is 2.51. The number of aromatic amines is 1. The molecule has 0 amide bonds. The summed E-state index contributed by atoms with van der Waals surface area (Å²) in [5, 5.41) is 8.00. The van der Waals surface area contributed by atoms with E-state index in [-0.39, 0.29) is 12.1 Å². The predicted molar refractivity (Wildman–Crippen MR) is 93.6 cm³/mol. The van der Waals surface area contributed by atoms with Crippen LogP contribution < -0.4 is 5.32 Å². The first-order valence-electron chi connectivity index (χ1n) is 7.08. The molecule has 4 aromatic rings. The second-order valence-corrected chi connectivity index (χ2v) is 6.64. The van der Waals surface area contributed by atoms with Crippen molar-refractivity contribution < 1.29 is 8.78 Å². The summed E-state index contributed by atoms with van der Waals surface area (Å²) in [6.07, 6.45) is 3.49.